The fourth-order valence-corrected chi connectivity index (χ4v) is 1.12. The topological polar surface area (TPSA) is 46.3 Å². The number of hydrogen-bond donors (Lipinski definition) is 1. The Kier molecular flexibility index (Phi) is 5.19. The monoisotopic (exact) mass is 205 g/mol. The zero-order valence-electron chi connectivity index (χ0n) is 8.54. The summed E-state index contributed by atoms with van der Waals surface area (Å²) < 4.78 is 0.815. The van der Waals surface area contributed by atoms with Crippen molar-refractivity contribution in [2.45, 2.75) is 6.42 Å². The number of rotatable bonds is 5. The molecule has 0 bridgehead atoms. The van der Waals surface area contributed by atoms with Gasteiger partial charge in [0.25, 0.3) is 0 Å². The van der Waals surface area contributed by atoms with Crippen molar-refractivity contribution in [2.75, 3.05) is 13.2 Å². The Balaban J connectivity index is 2.45. The van der Waals surface area contributed by atoms with Crippen LogP contribution in [0.25, 0.3) is 6.08 Å². The van der Waals surface area contributed by atoms with Crippen LogP contribution in [0.2, 0.25) is 0 Å². The first-order valence-corrected chi connectivity index (χ1v) is 4.94. The molecule has 0 heterocycles. The van der Waals surface area contributed by atoms with Gasteiger partial charge < -0.3 is 10.3 Å². The van der Waals surface area contributed by atoms with Crippen LogP contribution < -0.4 is 0 Å². The minimum atomic E-state index is 0.0506. The summed E-state index contributed by atoms with van der Waals surface area (Å²) in [6.45, 7) is 0.380. The summed E-state index contributed by atoms with van der Waals surface area (Å²) >= 11 is 0. The van der Waals surface area contributed by atoms with Crippen molar-refractivity contribution in [1.82, 2.24) is 0 Å². The maximum Gasteiger partial charge on any atom is 0.174 e. The van der Waals surface area contributed by atoms with Gasteiger partial charge in [-0.25, -0.2) is 4.74 Å². The van der Waals surface area contributed by atoms with Gasteiger partial charge in [0.05, 0.1) is 0 Å². The molecular weight excluding hydrogens is 190 g/mol. The average Bonchev–Trinajstić information content (AvgIpc) is 2.28. The van der Waals surface area contributed by atoms with Crippen molar-refractivity contribution in [2.24, 2.45) is 0 Å². The first-order valence-electron chi connectivity index (χ1n) is 4.94. The number of benzene rings is 1. The fraction of sp³-hybridized carbons (Fsp3) is 0.250. The molecule has 0 saturated heterocycles. The number of allylic oxidation sites excluding steroid dienone is 1. The minimum Gasteiger partial charge on any atom is -0.624 e. The van der Waals surface area contributed by atoms with E-state index in [1.54, 1.807) is 6.08 Å². The van der Waals surface area contributed by atoms with E-state index in [0.29, 0.717) is 13.0 Å². The summed E-state index contributed by atoms with van der Waals surface area (Å²) in [5.74, 6) is 0. The number of aliphatic hydroxyl groups excluding tert-OH is 1. The molecular formula is C12H15NO2. The van der Waals surface area contributed by atoms with E-state index >= 15 is 0 Å². The van der Waals surface area contributed by atoms with E-state index in [1.807, 2.05) is 36.4 Å². The molecule has 0 saturated carbocycles. The van der Waals surface area contributed by atoms with Crippen molar-refractivity contribution < 1.29 is 9.85 Å². The molecule has 0 aromatic heterocycles. The van der Waals surface area contributed by atoms with Gasteiger partial charge in [0.2, 0.25) is 0 Å². The van der Waals surface area contributed by atoms with Crippen LogP contribution in [0.3, 0.4) is 0 Å². The van der Waals surface area contributed by atoms with Gasteiger partial charge in [-0.05, 0) is 11.6 Å². The molecule has 0 aliphatic heterocycles. The number of hydrogen-bond acceptors (Lipinski definition) is 2. The van der Waals surface area contributed by atoms with Gasteiger partial charge in [0, 0.05) is 19.1 Å². The molecule has 3 heteroatoms. The van der Waals surface area contributed by atoms with Crippen LogP contribution >= 0.6 is 0 Å². The third kappa shape index (κ3) is 4.98. The molecule has 1 aromatic carbocycles. The second-order valence-corrected chi connectivity index (χ2v) is 3.14. The van der Waals surface area contributed by atoms with E-state index < -0.39 is 0 Å². The Hall–Kier alpha value is -1.61. The highest BCUT2D eigenvalue weighted by atomic mass is 16.5. The second-order valence-electron chi connectivity index (χ2n) is 3.14. The van der Waals surface area contributed by atoms with Crippen LogP contribution in [0.1, 0.15) is 12.0 Å². The maximum absolute atomic E-state index is 11.1. The van der Waals surface area contributed by atoms with E-state index in [1.165, 1.54) is 6.21 Å². The van der Waals surface area contributed by atoms with E-state index in [9.17, 15) is 5.21 Å². The lowest BCUT2D eigenvalue weighted by Gasteiger charge is -1.99. The highest BCUT2D eigenvalue weighted by Gasteiger charge is 1.89. The van der Waals surface area contributed by atoms with Gasteiger partial charge in [0.1, 0.15) is 0 Å². The van der Waals surface area contributed by atoms with Gasteiger partial charge in [0.15, 0.2) is 12.8 Å². The highest BCUT2D eigenvalue weighted by Crippen LogP contribution is 1.99. The predicted octanol–water partition coefficient (Wildman–Crippen LogP) is 1.66. The number of hydroxylamine groups is 1. The largest absolute Gasteiger partial charge is 0.624 e. The second kappa shape index (κ2) is 6.79. The van der Waals surface area contributed by atoms with Gasteiger partial charge in [-0.15, -0.1) is 0 Å². The Morgan fingerprint density at radius 2 is 2.00 bits per heavy atom. The van der Waals surface area contributed by atoms with Crippen molar-refractivity contribution in [3.63, 3.8) is 0 Å². The van der Waals surface area contributed by atoms with Crippen LogP contribution in [0.15, 0.2) is 36.4 Å². The lowest BCUT2D eigenvalue weighted by Crippen LogP contribution is -2.07. The lowest BCUT2D eigenvalue weighted by molar-refractivity contribution is -0.453. The summed E-state index contributed by atoms with van der Waals surface area (Å²) in [4.78, 5) is 0. The fourth-order valence-electron chi connectivity index (χ4n) is 1.12. The zero-order valence-corrected chi connectivity index (χ0v) is 8.54. The molecule has 0 fully saturated rings. The highest BCUT2D eigenvalue weighted by molar-refractivity contribution is 5.74. The molecule has 1 N–H and O–H groups in total. The van der Waals surface area contributed by atoms with Gasteiger partial charge >= 0.3 is 0 Å². The lowest BCUT2D eigenvalue weighted by atomic mass is 10.2. The van der Waals surface area contributed by atoms with E-state index in [4.69, 9.17) is 5.11 Å². The Morgan fingerprint density at radius 1 is 1.27 bits per heavy atom. The third-order valence-electron chi connectivity index (χ3n) is 1.88. The molecule has 3 nitrogen and oxygen atoms in total. The summed E-state index contributed by atoms with van der Waals surface area (Å²) in [5, 5.41) is 19.6. The molecule has 80 valence electrons. The minimum absolute atomic E-state index is 0.0506. The SMILES string of the molecule is [O-]/[N+](=C\C=C\c1ccccc1)CCCO. The Bertz CT molecular complexity index is 331. The summed E-state index contributed by atoms with van der Waals surface area (Å²) in [6, 6.07) is 9.77. The zero-order chi connectivity index (χ0) is 10.9. The van der Waals surface area contributed by atoms with Crippen molar-refractivity contribution >= 4 is 12.3 Å². The van der Waals surface area contributed by atoms with Crippen LogP contribution in [-0.4, -0.2) is 29.2 Å². The molecule has 1 aromatic rings. The summed E-state index contributed by atoms with van der Waals surface area (Å²) in [7, 11) is 0. The maximum atomic E-state index is 11.1. The molecule has 0 aliphatic rings. The molecule has 0 spiro atoms. The molecule has 0 atom stereocenters. The van der Waals surface area contributed by atoms with Crippen LogP contribution in [0.4, 0.5) is 0 Å². The van der Waals surface area contributed by atoms with Gasteiger partial charge in [-0.2, -0.15) is 0 Å². The standard InChI is InChI=1S/C12H15NO2/c14-11-5-10-13(15)9-4-8-12-6-2-1-3-7-12/h1-4,6-9,14H,5,10-11H2/b8-4+,13-9-. The van der Waals surface area contributed by atoms with Crippen molar-refractivity contribution in [3.05, 3.63) is 47.2 Å². The number of aliphatic hydroxyl groups is 1. The molecule has 0 radical (unpaired) electrons. The van der Waals surface area contributed by atoms with Crippen LogP contribution in [0.5, 0.6) is 0 Å². The quantitative estimate of drug-likeness (QED) is 0.344. The normalized spacial score (nSPS) is 12.2. The van der Waals surface area contributed by atoms with E-state index in [0.717, 1.165) is 10.3 Å². The Morgan fingerprint density at radius 3 is 2.67 bits per heavy atom. The third-order valence-corrected chi connectivity index (χ3v) is 1.88. The van der Waals surface area contributed by atoms with E-state index in [2.05, 4.69) is 0 Å². The molecule has 15 heavy (non-hydrogen) atoms. The van der Waals surface area contributed by atoms with Gasteiger partial charge in [-0.1, -0.05) is 30.3 Å². The number of nitrogens with zero attached hydrogens (tertiary/aromatic N) is 1. The van der Waals surface area contributed by atoms with Crippen molar-refractivity contribution in [1.29, 1.82) is 0 Å². The van der Waals surface area contributed by atoms with Crippen LogP contribution in [-0.2, 0) is 0 Å². The molecule has 0 amide bonds. The molecule has 1 rings (SSSR count). The first-order chi connectivity index (χ1) is 7.33. The van der Waals surface area contributed by atoms with Crippen LogP contribution in [0, 0.1) is 5.21 Å². The Labute approximate surface area is 89.6 Å². The average molecular weight is 205 g/mol. The van der Waals surface area contributed by atoms with Gasteiger partial charge in [-0.3, -0.25) is 0 Å². The summed E-state index contributed by atoms with van der Waals surface area (Å²) in [6.07, 6.45) is 5.53. The summed E-state index contributed by atoms with van der Waals surface area (Å²) in [5.41, 5.74) is 1.06. The molecule has 0 aliphatic carbocycles. The smallest absolute Gasteiger partial charge is 0.174 e. The first kappa shape index (κ1) is 11.5. The molecule has 0 unspecified atom stereocenters. The van der Waals surface area contributed by atoms with Crippen molar-refractivity contribution in [3.8, 4) is 0 Å². The van der Waals surface area contributed by atoms with E-state index in [-0.39, 0.29) is 6.61 Å². The predicted molar refractivity (Wildman–Crippen MR) is 61.7 cm³/mol.